The summed E-state index contributed by atoms with van der Waals surface area (Å²) < 4.78 is 17.0. The fraction of sp³-hybridized carbons (Fsp3) is 0.148. The smallest absolute Gasteiger partial charge is 0.333 e. The minimum Gasteiger partial charge on any atom is -0.489 e. The first-order valence-corrected chi connectivity index (χ1v) is 10.3. The zero-order chi connectivity index (χ0) is 22.5. The Hall–Kier alpha value is -3.83. The highest BCUT2D eigenvalue weighted by atomic mass is 16.5. The van der Waals surface area contributed by atoms with E-state index >= 15 is 0 Å². The van der Waals surface area contributed by atoms with E-state index in [9.17, 15) is 9.90 Å². The number of rotatable bonds is 8. The van der Waals surface area contributed by atoms with E-state index < -0.39 is 12.1 Å². The van der Waals surface area contributed by atoms with Crippen molar-refractivity contribution < 1.29 is 24.1 Å². The van der Waals surface area contributed by atoms with E-state index in [1.165, 1.54) is 0 Å². The van der Waals surface area contributed by atoms with Crippen LogP contribution in [0.3, 0.4) is 0 Å². The largest absolute Gasteiger partial charge is 0.489 e. The summed E-state index contributed by atoms with van der Waals surface area (Å²) in [6.45, 7) is 4.91. The van der Waals surface area contributed by atoms with Gasteiger partial charge in [0.25, 0.3) is 0 Å². The van der Waals surface area contributed by atoms with Gasteiger partial charge in [-0.05, 0) is 54.1 Å². The molecule has 1 unspecified atom stereocenters. The van der Waals surface area contributed by atoms with Gasteiger partial charge < -0.3 is 19.3 Å². The van der Waals surface area contributed by atoms with Crippen LogP contribution in [0, 0.1) is 0 Å². The van der Waals surface area contributed by atoms with Crippen molar-refractivity contribution in [3.8, 4) is 17.2 Å². The summed E-state index contributed by atoms with van der Waals surface area (Å²) in [5, 5.41) is 14.0. The molecule has 1 atom stereocenters. The second kappa shape index (κ2) is 9.54. The Kier molecular flexibility index (Phi) is 6.38. The van der Waals surface area contributed by atoms with Gasteiger partial charge in [0, 0.05) is 16.3 Å². The van der Waals surface area contributed by atoms with Crippen LogP contribution in [-0.2, 0) is 9.53 Å². The van der Waals surface area contributed by atoms with E-state index in [1.54, 1.807) is 6.92 Å². The zero-order valence-electron chi connectivity index (χ0n) is 17.8. The van der Waals surface area contributed by atoms with E-state index in [1.807, 2.05) is 72.8 Å². The zero-order valence-corrected chi connectivity index (χ0v) is 17.8. The molecule has 0 saturated heterocycles. The van der Waals surface area contributed by atoms with Gasteiger partial charge >= 0.3 is 5.97 Å². The molecule has 32 heavy (non-hydrogen) atoms. The molecule has 0 aliphatic carbocycles. The van der Waals surface area contributed by atoms with Gasteiger partial charge in [0.05, 0.1) is 0 Å². The van der Waals surface area contributed by atoms with E-state index in [4.69, 9.17) is 14.2 Å². The van der Waals surface area contributed by atoms with Crippen molar-refractivity contribution in [2.24, 2.45) is 0 Å². The van der Waals surface area contributed by atoms with Crippen molar-refractivity contribution in [1.29, 1.82) is 0 Å². The van der Waals surface area contributed by atoms with Gasteiger partial charge in [-0.1, -0.05) is 49.0 Å². The Labute approximate surface area is 186 Å². The minimum atomic E-state index is -0.965. The summed E-state index contributed by atoms with van der Waals surface area (Å²) in [5.74, 6) is 1.61. The van der Waals surface area contributed by atoms with Gasteiger partial charge in [0.1, 0.15) is 36.6 Å². The van der Waals surface area contributed by atoms with E-state index in [-0.39, 0.29) is 18.8 Å². The fourth-order valence-corrected chi connectivity index (χ4v) is 3.38. The molecule has 4 aromatic carbocycles. The van der Waals surface area contributed by atoms with Crippen molar-refractivity contribution in [2.75, 3.05) is 13.2 Å². The van der Waals surface area contributed by atoms with Crippen molar-refractivity contribution in [1.82, 2.24) is 0 Å². The first kappa shape index (κ1) is 21.4. The highest BCUT2D eigenvalue weighted by Gasteiger charge is 2.14. The van der Waals surface area contributed by atoms with Crippen molar-refractivity contribution in [2.45, 2.75) is 13.0 Å². The molecule has 1 N–H and O–H groups in total. The number of carbonyl (C=O) groups excluding carboxylic acids is 1. The molecule has 0 aliphatic heterocycles. The summed E-state index contributed by atoms with van der Waals surface area (Å²) in [7, 11) is 0. The third-order valence-corrected chi connectivity index (χ3v) is 4.94. The van der Waals surface area contributed by atoms with Gasteiger partial charge in [-0.3, -0.25) is 0 Å². The molecular weight excluding hydrogens is 404 g/mol. The maximum Gasteiger partial charge on any atom is 0.333 e. The monoisotopic (exact) mass is 428 g/mol. The highest BCUT2D eigenvalue weighted by Crippen LogP contribution is 2.37. The summed E-state index contributed by atoms with van der Waals surface area (Å²) in [6, 6.07) is 25.4. The summed E-state index contributed by atoms with van der Waals surface area (Å²) in [5.41, 5.74) is 0.284. The molecule has 4 rings (SSSR count). The molecule has 162 valence electrons. The number of aliphatic hydroxyl groups excluding tert-OH is 1. The molecule has 0 heterocycles. The number of fused-ring (bicyclic) bond motifs is 2. The summed E-state index contributed by atoms with van der Waals surface area (Å²) >= 11 is 0. The second-order valence-corrected chi connectivity index (χ2v) is 7.57. The molecule has 0 radical (unpaired) electrons. The van der Waals surface area contributed by atoms with Crippen molar-refractivity contribution in [3.63, 3.8) is 0 Å². The molecule has 0 aromatic heterocycles. The summed E-state index contributed by atoms with van der Waals surface area (Å²) in [6.07, 6.45) is -0.965. The number of ether oxygens (including phenoxy) is 3. The third kappa shape index (κ3) is 4.90. The normalized spacial score (nSPS) is 11.8. The van der Waals surface area contributed by atoms with Crippen LogP contribution in [-0.4, -0.2) is 30.4 Å². The Bertz CT molecular complexity index is 1260. The van der Waals surface area contributed by atoms with Crippen LogP contribution in [0.1, 0.15) is 6.92 Å². The number of para-hydroxylation sites is 1. The standard InChI is InChI=1S/C27H24O5/c1-18(2)27(29)31-17-21(28)16-30-26-24-11-7-6-8-19(24)14-20-15-23(12-13-25(20)26)32-22-9-4-3-5-10-22/h3-15,21,28H,1,16-17H2,2H3. The van der Waals surface area contributed by atoms with Crippen molar-refractivity contribution in [3.05, 3.63) is 91.0 Å². The Morgan fingerprint density at radius 3 is 2.38 bits per heavy atom. The number of benzene rings is 4. The van der Waals surface area contributed by atoms with E-state index in [2.05, 4.69) is 12.6 Å². The van der Waals surface area contributed by atoms with Crippen LogP contribution in [0.2, 0.25) is 0 Å². The predicted octanol–water partition coefficient (Wildman–Crippen LogP) is 5.64. The molecule has 0 amide bonds. The lowest BCUT2D eigenvalue weighted by Gasteiger charge is -2.17. The molecular formula is C27H24O5. The van der Waals surface area contributed by atoms with Crippen LogP contribution in [0.5, 0.6) is 17.2 Å². The Morgan fingerprint density at radius 1 is 0.875 bits per heavy atom. The minimum absolute atomic E-state index is 0.0190. The molecule has 0 saturated carbocycles. The lowest BCUT2D eigenvalue weighted by Crippen LogP contribution is -2.25. The highest BCUT2D eigenvalue weighted by molar-refractivity contribution is 6.05. The lowest BCUT2D eigenvalue weighted by atomic mass is 10.0. The van der Waals surface area contributed by atoms with E-state index in [0.717, 1.165) is 33.0 Å². The van der Waals surface area contributed by atoms with Crippen LogP contribution in [0.25, 0.3) is 21.5 Å². The molecule has 0 spiro atoms. The Balaban J connectivity index is 1.61. The quantitative estimate of drug-likeness (QED) is 0.223. The predicted molar refractivity (Wildman–Crippen MR) is 125 cm³/mol. The SMILES string of the molecule is C=C(C)C(=O)OCC(O)COc1c2ccccc2cc2cc(Oc3ccccc3)ccc12. The molecule has 5 nitrogen and oxygen atoms in total. The molecule has 0 fully saturated rings. The first-order valence-electron chi connectivity index (χ1n) is 10.3. The van der Waals surface area contributed by atoms with Gasteiger partial charge in [0.15, 0.2) is 0 Å². The maximum absolute atomic E-state index is 11.5. The van der Waals surface area contributed by atoms with Gasteiger partial charge in [0.2, 0.25) is 0 Å². The third-order valence-electron chi connectivity index (χ3n) is 4.94. The van der Waals surface area contributed by atoms with E-state index in [0.29, 0.717) is 5.75 Å². The first-order chi connectivity index (χ1) is 15.5. The average Bonchev–Trinajstić information content (AvgIpc) is 2.80. The van der Waals surface area contributed by atoms with Gasteiger partial charge in [-0.25, -0.2) is 4.79 Å². The van der Waals surface area contributed by atoms with Crippen LogP contribution < -0.4 is 9.47 Å². The lowest BCUT2D eigenvalue weighted by molar-refractivity contribution is -0.142. The maximum atomic E-state index is 11.5. The number of carbonyl (C=O) groups is 1. The van der Waals surface area contributed by atoms with Gasteiger partial charge in [-0.2, -0.15) is 0 Å². The Morgan fingerprint density at radius 2 is 1.59 bits per heavy atom. The number of hydrogen-bond acceptors (Lipinski definition) is 5. The number of esters is 1. The second-order valence-electron chi connectivity index (χ2n) is 7.57. The molecule has 0 bridgehead atoms. The van der Waals surface area contributed by atoms with Crippen LogP contribution in [0.15, 0.2) is 91.0 Å². The molecule has 4 aromatic rings. The van der Waals surface area contributed by atoms with Crippen molar-refractivity contribution >= 4 is 27.5 Å². The fourth-order valence-electron chi connectivity index (χ4n) is 3.38. The molecule has 0 aliphatic rings. The summed E-state index contributed by atoms with van der Waals surface area (Å²) in [4.78, 5) is 11.5. The van der Waals surface area contributed by atoms with Crippen LogP contribution >= 0.6 is 0 Å². The topological polar surface area (TPSA) is 65.0 Å². The van der Waals surface area contributed by atoms with Crippen LogP contribution in [0.4, 0.5) is 0 Å². The number of hydrogen-bond donors (Lipinski definition) is 1. The van der Waals surface area contributed by atoms with Gasteiger partial charge in [-0.15, -0.1) is 0 Å². The average molecular weight is 428 g/mol. The molecule has 5 heteroatoms. The number of aliphatic hydroxyl groups is 1.